The van der Waals surface area contributed by atoms with Crippen LogP contribution in [0.2, 0.25) is 5.02 Å². The van der Waals surface area contributed by atoms with Crippen LogP contribution < -0.4 is 16.0 Å². The first-order chi connectivity index (χ1) is 11.0. The van der Waals surface area contributed by atoms with Crippen molar-refractivity contribution < 1.29 is 9.78 Å². The van der Waals surface area contributed by atoms with Crippen molar-refractivity contribution in [2.45, 2.75) is 5.03 Å². The zero-order chi connectivity index (χ0) is 16.8. The third kappa shape index (κ3) is 4.36. The van der Waals surface area contributed by atoms with Gasteiger partial charge in [-0.25, -0.2) is 4.98 Å². The van der Waals surface area contributed by atoms with Crippen molar-refractivity contribution in [3.8, 4) is 12.1 Å². The van der Waals surface area contributed by atoms with Crippen molar-refractivity contribution in [1.82, 2.24) is 0 Å². The monoisotopic (exact) mass is 344 g/mol. The maximum absolute atomic E-state index is 11.9. The summed E-state index contributed by atoms with van der Waals surface area (Å²) in [7, 11) is 0. The molecule has 1 amide bonds. The molecule has 0 saturated carbocycles. The molecule has 0 atom stereocenters. The Morgan fingerprint density at radius 3 is 2.70 bits per heavy atom. The minimum absolute atomic E-state index is 0.0725. The van der Waals surface area contributed by atoms with Crippen molar-refractivity contribution in [2.75, 3.05) is 16.8 Å². The number of anilines is 2. The number of benzene rings is 1. The van der Waals surface area contributed by atoms with Gasteiger partial charge in [-0.05, 0) is 24.3 Å². The molecule has 6 nitrogen and oxygen atoms in total. The smallest absolute Gasteiger partial charge is 0.289 e. The average molecular weight is 345 g/mol. The average Bonchev–Trinajstić information content (AvgIpc) is 2.53. The number of carbonyl (C=O) groups excluding carboxylic acids is 1. The van der Waals surface area contributed by atoms with E-state index >= 15 is 0 Å². The number of nitrogens with two attached hydrogens (primary N) is 1. The van der Waals surface area contributed by atoms with Crippen LogP contribution in [0.25, 0.3) is 0 Å². The molecule has 0 fully saturated rings. The minimum atomic E-state index is -0.252. The quantitative estimate of drug-likeness (QED) is 0.824. The normalized spacial score (nSPS) is 9.70. The third-order valence-electron chi connectivity index (χ3n) is 2.77. The number of nitrogens with zero attached hydrogens (tertiary/aromatic N) is 2. The molecule has 1 aromatic carbocycles. The molecule has 0 aliphatic heterocycles. The van der Waals surface area contributed by atoms with Crippen molar-refractivity contribution in [3.05, 3.63) is 46.5 Å². The minimum Gasteiger partial charge on any atom is -0.325 e. The molecule has 4 N–H and O–H groups in total. The number of H-pyrrole nitrogens is 1. The van der Waals surface area contributed by atoms with Crippen molar-refractivity contribution in [1.29, 1.82) is 10.5 Å². The molecule has 0 aliphatic carbocycles. The van der Waals surface area contributed by atoms with Crippen LogP contribution in [0.1, 0.15) is 11.1 Å². The van der Waals surface area contributed by atoms with Gasteiger partial charge in [-0.3, -0.25) is 10.5 Å². The molecule has 0 radical (unpaired) electrons. The fourth-order valence-corrected chi connectivity index (χ4v) is 2.72. The Morgan fingerprint density at radius 1 is 1.30 bits per heavy atom. The number of aromatic amines is 1. The van der Waals surface area contributed by atoms with E-state index in [1.54, 1.807) is 24.3 Å². The van der Waals surface area contributed by atoms with E-state index in [-0.39, 0.29) is 28.6 Å². The number of halogens is 1. The Hall–Kier alpha value is -2.74. The van der Waals surface area contributed by atoms with Gasteiger partial charge in [-0.1, -0.05) is 29.4 Å². The number of amides is 1. The van der Waals surface area contributed by atoms with Crippen LogP contribution >= 0.6 is 23.4 Å². The summed E-state index contributed by atoms with van der Waals surface area (Å²) >= 11 is 6.97. The molecule has 0 saturated heterocycles. The van der Waals surface area contributed by atoms with Crippen molar-refractivity contribution in [3.63, 3.8) is 0 Å². The van der Waals surface area contributed by atoms with E-state index in [1.165, 1.54) is 6.07 Å². The SMILES string of the molecule is N#Cc1cc(C#N)c(SCC(=O)Nc2cccc(Cl)c2)[nH+]c1N. The van der Waals surface area contributed by atoms with Gasteiger partial charge >= 0.3 is 0 Å². The Bertz CT molecular complexity index is 841. The first-order valence-electron chi connectivity index (χ1n) is 6.37. The molecule has 2 aromatic rings. The van der Waals surface area contributed by atoms with Crippen LogP contribution in [0, 0.1) is 22.7 Å². The van der Waals surface area contributed by atoms with E-state index in [9.17, 15) is 4.79 Å². The van der Waals surface area contributed by atoms with Gasteiger partial charge in [0.1, 0.15) is 23.3 Å². The lowest BCUT2D eigenvalue weighted by molar-refractivity contribution is -0.410. The lowest BCUT2D eigenvalue weighted by atomic mass is 10.2. The summed E-state index contributed by atoms with van der Waals surface area (Å²) in [5, 5.41) is 21.7. The van der Waals surface area contributed by atoms with E-state index in [0.717, 1.165) is 11.8 Å². The van der Waals surface area contributed by atoms with Crippen LogP contribution in [0.15, 0.2) is 35.4 Å². The van der Waals surface area contributed by atoms with E-state index in [4.69, 9.17) is 27.9 Å². The molecule has 2 rings (SSSR count). The second-order valence-electron chi connectivity index (χ2n) is 4.41. The predicted octanol–water partition coefficient (Wildman–Crippen LogP) is 2.21. The molecule has 0 unspecified atom stereocenters. The summed E-state index contributed by atoms with van der Waals surface area (Å²) in [5.41, 5.74) is 6.73. The maximum atomic E-state index is 11.9. The van der Waals surface area contributed by atoms with Gasteiger partial charge in [0.2, 0.25) is 5.91 Å². The second-order valence-corrected chi connectivity index (χ2v) is 5.83. The molecule has 1 aromatic heterocycles. The van der Waals surface area contributed by atoms with Crippen LogP contribution in [0.5, 0.6) is 0 Å². The number of hydrogen-bond donors (Lipinski definition) is 2. The standard InChI is InChI=1S/C15H10ClN5OS/c16-11-2-1-3-12(5-11)20-13(22)8-23-15-10(7-18)4-9(6-17)14(19)21-15/h1-5H,8H2,(H2,19,21)(H,20,22)/p+1. The number of nitrogen functional groups attached to an aromatic ring is 1. The fraction of sp³-hybridized carbons (Fsp3) is 0.0667. The van der Waals surface area contributed by atoms with E-state index in [0.29, 0.717) is 15.7 Å². The van der Waals surface area contributed by atoms with E-state index < -0.39 is 0 Å². The van der Waals surface area contributed by atoms with Crippen LogP contribution in [0.4, 0.5) is 11.5 Å². The predicted molar refractivity (Wildman–Crippen MR) is 87.6 cm³/mol. The lowest BCUT2D eigenvalue weighted by Gasteiger charge is -2.05. The number of nitriles is 2. The van der Waals surface area contributed by atoms with Gasteiger partial charge in [0.05, 0.1) is 5.75 Å². The largest absolute Gasteiger partial charge is 0.325 e. The Kier molecular flexibility index (Phi) is 5.42. The Morgan fingerprint density at radius 2 is 2.04 bits per heavy atom. The molecule has 0 aliphatic rings. The first kappa shape index (κ1) is 16.6. The summed E-state index contributed by atoms with van der Waals surface area (Å²) in [5.74, 6) is -0.0232. The van der Waals surface area contributed by atoms with E-state index in [1.807, 2.05) is 12.1 Å². The number of nitrogens with one attached hydrogen (secondary N) is 2. The van der Waals surface area contributed by atoms with Gasteiger partial charge < -0.3 is 5.32 Å². The van der Waals surface area contributed by atoms with Gasteiger partial charge in [-0.15, -0.1) is 0 Å². The zero-order valence-electron chi connectivity index (χ0n) is 11.8. The lowest BCUT2D eigenvalue weighted by Crippen LogP contribution is -2.19. The second kappa shape index (κ2) is 7.50. The number of aromatic nitrogens is 1. The topological polar surface area (TPSA) is 117 Å². The summed E-state index contributed by atoms with van der Waals surface area (Å²) in [6.07, 6.45) is 0. The van der Waals surface area contributed by atoms with Gasteiger partial charge in [0.25, 0.3) is 5.82 Å². The van der Waals surface area contributed by atoms with Crippen molar-refractivity contribution >= 4 is 40.8 Å². The molecule has 1 heterocycles. The summed E-state index contributed by atoms with van der Waals surface area (Å²) < 4.78 is 0. The molecule has 8 heteroatoms. The molecule has 0 bridgehead atoms. The van der Waals surface area contributed by atoms with Crippen LogP contribution in [-0.2, 0) is 4.79 Å². The number of carbonyl (C=O) groups is 1. The van der Waals surface area contributed by atoms with Crippen molar-refractivity contribution in [2.24, 2.45) is 0 Å². The Balaban J connectivity index is 2.06. The van der Waals surface area contributed by atoms with Gasteiger partial charge in [0, 0.05) is 10.7 Å². The highest BCUT2D eigenvalue weighted by molar-refractivity contribution is 7.99. The summed E-state index contributed by atoms with van der Waals surface area (Å²) in [6, 6.07) is 12.1. The maximum Gasteiger partial charge on any atom is 0.289 e. The Labute approximate surface area is 141 Å². The molecule has 114 valence electrons. The first-order valence-corrected chi connectivity index (χ1v) is 7.74. The van der Waals surface area contributed by atoms with Crippen LogP contribution in [0.3, 0.4) is 0 Å². The molecular weight excluding hydrogens is 334 g/mol. The summed E-state index contributed by atoms with van der Waals surface area (Å²) in [4.78, 5) is 14.7. The number of thioether (sulfide) groups is 1. The van der Waals surface area contributed by atoms with Gasteiger partial charge in [-0.2, -0.15) is 10.5 Å². The molecular formula is C15H11ClN5OS+. The highest BCUT2D eigenvalue weighted by Gasteiger charge is 2.16. The number of pyridine rings is 1. The highest BCUT2D eigenvalue weighted by atomic mass is 35.5. The molecule has 23 heavy (non-hydrogen) atoms. The van der Waals surface area contributed by atoms with E-state index in [2.05, 4.69) is 10.3 Å². The third-order valence-corrected chi connectivity index (χ3v) is 4.02. The number of rotatable bonds is 4. The van der Waals surface area contributed by atoms with Gasteiger partial charge in [0.15, 0.2) is 5.03 Å². The molecule has 0 spiro atoms. The summed E-state index contributed by atoms with van der Waals surface area (Å²) in [6.45, 7) is 0. The highest BCUT2D eigenvalue weighted by Crippen LogP contribution is 2.21. The number of hydrogen-bond acceptors (Lipinski definition) is 5. The van der Waals surface area contributed by atoms with Crippen LogP contribution in [-0.4, -0.2) is 11.7 Å². The zero-order valence-corrected chi connectivity index (χ0v) is 13.3. The fourth-order valence-electron chi connectivity index (χ4n) is 1.74.